The van der Waals surface area contributed by atoms with Gasteiger partial charge in [0.15, 0.2) is 0 Å². The molecule has 5 heteroatoms. The molecule has 5 nitrogen and oxygen atoms in total. The summed E-state index contributed by atoms with van der Waals surface area (Å²) in [6, 6.07) is 0. The number of piperidine rings is 2. The van der Waals surface area contributed by atoms with Crippen LogP contribution in [0.15, 0.2) is 12.4 Å². The Labute approximate surface area is 114 Å². The molecule has 0 radical (unpaired) electrons. The van der Waals surface area contributed by atoms with Gasteiger partial charge in [-0.2, -0.15) is 0 Å². The van der Waals surface area contributed by atoms with Gasteiger partial charge in [0.05, 0.1) is 12.4 Å². The van der Waals surface area contributed by atoms with Crippen molar-refractivity contribution in [2.24, 2.45) is 0 Å². The fraction of sp³-hybridized carbons (Fsp3) is 0.714. The maximum atomic E-state index is 5.87. The molecule has 0 aromatic carbocycles. The van der Waals surface area contributed by atoms with Crippen molar-refractivity contribution >= 4 is 5.82 Å². The average Bonchev–Trinajstić information content (AvgIpc) is 2.50. The third-order valence-electron chi connectivity index (χ3n) is 3.87. The minimum atomic E-state index is 0.288. The van der Waals surface area contributed by atoms with E-state index >= 15 is 0 Å². The van der Waals surface area contributed by atoms with Crippen LogP contribution in [-0.4, -0.2) is 42.3 Å². The van der Waals surface area contributed by atoms with E-state index in [2.05, 4.69) is 20.2 Å². The third-order valence-corrected chi connectivity index (χ3v) is 3.87. The summed E-state index contributed by atoms with van der Waals surface area (Å²) in [6.07, 6.45) is 9.86. The van der Waals surface area contributed by atoms with E-state index in [0.717, 1.165) is 44.8 Å². The Morgan fingerprint density at radius 2 is 1.84 bits per heavy atom. The Kier molecular flexibility index (Phi) is 4.13. The van der Waals surface area contributed by atoms with Crippen LogP contribution in [0, 0.1) is 0 Å². The van der Waals surface area contributed by atoms with Gasteiger partial charge in [-0.05, 0) is 45.2 Å². The van der Waals surface area contributed by atoms with Gasteiger partial charge in [0.1, 0.15) is 11.9 Å². The lowest BCUT2D eigenvalue weighted by Crippen LogP contribution is -2.34. The summed E-state index contributed by atoms with van der Waals surface area (Å²) in [5, 5.41) is 3.33. The summed E-state index contributed by atoms with van der Waals surface area (Å²) in [4.78, 5) is 11.2. The second-order valence-electron chi connectivity index (χ2n) is 5.33. The Hall–Kier alpha value is -1.36. The second-order valence-corrected chi connectivity index (χ2v) is 5.33. The molecule has 1 N–H and O–H groups in total. The first-order valence-corrected chi connectivity index (χ1v) is 7.36. The molecule has 0 unspecified atom stereocenters. The molecular formula is C14H22N4O. The van der Waals surface area contributed by atoms with Crippen molar-refractivity contribution in [1.82, 2.24) is 15.3 Å². The van der Waals surface area contributed by atoms with Crippen LogP contribution >= 0.6 is 0 Å². The first-order chi connectivity index (χ1) is 9.42. The predicted octanol–water partition coefficient (Wildman–Crippen LogP) is 1.60. The summed E-state index contributed by atoms with van der Waals surface area (Å²) < 4.78 is 5.87. The lowest BCUT2D eigenvalue weighted by molar-refractivity contribution is 0.155. The number of ether oxygens (including phenoxy) is 1. The van der Waals surface area contributed by atoms with Crippen molar-refractivity contribution < 1.29 is 4.74 Å². The Balaban J connectivity index is 1.58. The van der Waals surface area contributed by atoms with Gasteiger partial charge >= 0.3 is 0 Å². The minimum Gasteiger partial charge on any atom is -0.473 e. The molecule has 2 aliphatic heterocycles. The minimum absolute atomic E-state index is 0.288. The number of hydrogen-bond donors (Lipinski definition) is 1. The summed E-state index contributed by atoms with van der Waals surface area (Å²) >= 11 is 0. The van der Waals surface area contributed by atoms with Crippen molar-refractivity contribution in [3.05, 3.63) is 12.4 Å². The topological polar surface area (TPSA) is 50.3 Å². The lowest BCUT2D eigenvalue weighted by Gasteiger charge is -2.27. The molecule has 104 valence electrons. The maximum absolute atomic E-state index is 5.87. The molecule has 1 aromatic heterocycles. The van der Waals surface area contributed by atoms with E-state index in [0.29, 0.717) is 5.88 Å². The van der Waals surface area contributed by atoms with E-state index in [1.165, 1.54) is 19.3 Å². The standard InChI is InChI=1S/C14H22N4O/c1-2-8-18(9-3-1)13-10-17-14(11-16-13)19-12-4-6-15-7-5-12/h10-12,15H,1-9H2. The van der Waals surface area contributed by atoms with Gasteiger partial charge in [0.25, 0.3) is 0 Å². The zero-order chi connectivity index (χ0) is 12.9. The van der Waals surface area contributed by atoms with E-state index < -0.39 is 0 Å². The highest BCUT2D eigenvalue weighted by molar-refractivity contribution is 5.36. The average molecular weight is 262 g/mol. The summed E-state index contributed by atoms with van der Waals surface area (Å²) in [5.41, 5.74) is 0. The van der Waals surface area contributed by atoms with E-state index in [1.54, 1.807) is 6.20 Å². The molecule has 0 amide bonds. The highest BCUT2D eigenvalue weighted by atomic mass is 16.5. The van der Waals surface area contributed by atoms with Crippen LogP contribution in [-0.2, 0) is 0 Å². The number of rotatable bonds is 3. The van der Waals surface area contributed by atoms with E-state index in [1.807, 2.05) is 6.20 Å². The van der Waals surface area contributed by atoms with E-state index in [4.69, 9.17) is 4.74 Å². The fourth-order valence-corrected chi connectivity index (χ4v) is 2.74. The van der Waals surface area contributed by atoms with Gasteiger partial charge in [-0.15, -0.1) is 0 Å². The van der Waals surface area contributed by atoms with Crippen LogP contribution in [0.5, 0.6) is 5.88 Å². The number of nitrogens with one attached hydrogen (secondary N) is 1. The second kappa shape index (κ2) is 6.19. The van der Waals surface area contributed by atoms with Gasteiger partial charge in [-0.1, -0.05) is 0 Å². The molecule has 2 aliphatic rings. The number of aromatic nitrogens is 2. The molecule has 3 rings (SSSR count). The smallest absolute Gasteiger partial charge is 0.232 e. The highest BCUT2D eigenvalue weighted by Gasteiger charge is 2.16. The van der Waals surface area contributed by atoms with Crippen LogP contribution < -0.4 is 15.0 Å². The summed E-state index contributed by atoms with van der Waals surface area (Å²) in [6.45, 7) is 4.26. The number of anilines is 1. The number of nitrogens with zero attached hydrogens (tertiary/aromatic N) is 3. The van der Waals surface area contributed by atoms with Crippen LogP contribution in [0.25, 0.3) is 0 Å². The summed E-state index contributed by atoms with van der Waals surface area (Å²) in [7, 11) is 0. The molecule has 0 spiro atoms. The molecular weight excluding hydrogens is 240 g/mol. The Morgan fingerprint density at radius 1 is 1.05 bits per heavy atom. The molecule has 1 aromatic rings. The van der Waals surface area contributed by atoms with Crippen molar-refractivity contribution in [2.75, 3.05) is 31.1 Å². The monoisotopic (exact) mass is 262 g/mol. The first-order valence-electron chi connectivity index (χ1n) is 7.36. The quantitative estimate of drug-likeness (QED) is 0.896. The van der Waals surface area contributed by atoms with Crippen LogP contribution in [0.4, 0.5) is 5.82 Å². The van der Waals surface area contributed by atoms with Crippen molar-refractivity contribution in [2.45, 2.75) is 38.2 Å². The van der Waals surface area contributed by atoms with Gasteiger partial charge < -0.3 is 15.0 Å². The molecule has 0 atom stereocenters. The third kappa shape index (κ3) is 3.35. The van der Waals surface area contributed by atoms with Gasteiger partial charge in [-0.25, -0.2) is 9.97 Å². The molecule has 2 saturated heterocycles. The molecule has 19 heavy (non-hydrogen) atoms. The van der Waals surface area contributed by atoms with Gasteiger partial charge in [-0.3, -0.25) is 0 Å². The van der Waals surface area contributed by atoms with Crippen molar-refractivity contribution in [3.8, 4) is 5.88 Å². The summed E-state index contributed by atoms with van der Waals surface area (Å²) in [5.74, 6) is 1.64. The lowest BCUT2D eigenvalue weighted by atomic mass is 10.1. The molecule has 2 fully saturated rings. The maximum Gasteiger partial charge on any atom is 0.232 e. The van der Waals surface area contributed by atoms with Crippen LogP contribution in [0.1, 0.15) is 32.1 Å². The van der Waals surface area contributed by atoms with Gasteiger partial charge in [0, 0.05) is 13.1 Å². The SMILES string of the molecule is c1nc(N2CCCCC2)cnc1OC1CCNCC1. The highest BCUT2D eigenvalue weighted by Crippen LogP contribution is 2.19. The Morgan fingerprint density at radius 3 is 2.53 bits per heavy atom. The largest absolute Gasteiger partial charge is 0.473 e. The van der Waals surface area contributed by atoms with E-state index in [9.17, 15) is 0 Å². The zero-order valence-electron chi connectivity index (χ0n) is 11.3. The number of hydrogen-bond acceptors (Lipinski definition) is 5. The molecule has 0 aliphatic carbocycles. The zero-order valence-corrected chi connectivity index (χ0v) is 11.3. The molecule has 3 heterocycles. The van der Waals surface area contributed by atoms with Gasteiger partial charge in [0.2, 0.25) is 5.88 Å². The van der Waals surface area contributed by atoms with Crippen LogP contribution in [0.2, 0.25) is 0 Å². The molecule has 0 saturated carbocycles. The first kappa shape index (κ1) is 12.7. The normalized spacial score (nSPS) is 21.4. The van der Waals surface area contributed by atoms with E-state index in [-0.39, 0.29) is 6.10 Å². The van der Waals surface area contributed by atoms with Crippen molar-refractivity contribution in [1.29, 1.82) is 0 Å². The predicted molar refractivity (Wildman–Crippen MR) is 74.6 cm³/mol. The molecule has 0 bridgehead atoms. The van der Waals surface area contributed by atoms with Crippen molar-refractivity contribution in [3.63, 3.8) is 0 Å². The Bertz CT molecular complexity index is 383. The van der Waals surface area contributed by atoms with Crippen LogP contribution in [0.3, 0.4) is 0 Å². The fourth-order valence-electron chi connectivity index (χ4n) is 2.74.